The zero-order valence-electron chi connectivity index (χ0n) is 13.2. The van der Waals surface area contributed by atoms with E-state index in [1.165, 1.54) is 0 Å². The van der Waals surface area contributed by atoms with E-state index < -0.39 is 0 Å². The summed E-state index contributed by atoms with van der Waals surface area (Å²) in [5.74, 6) is 1.37. The third-order valence-electron chi connectivity index (χ3n) is 5.38. The fourth-order valence-electron chi connectivity index (χ4n) is 1.83. The van der Waals surface area contributed by atoms with Crippen molar-refractivity contribution in [1.29, 1.82) is 0 Å². The standard InChI is InChI=1S/C16H32/c1-11(2)15(7,8)13(5)14(6)16(9,10)12(3)4/h11-12H,1-10H3. The second kappa shape index (κ2) is 4.94. The molecule has 0 aliphatic carbocycles. The lowest BCUT2D eigenvalue weighted by molar-refractivity contribution is 0.271. The smallest absolute Gasteiger partial charge is 0.0122 e. The summed E-state index contributed by atoms with van der Waals surface area (Å²) >= 11 is 0. The fourth-order valence-corrected chi connectivity index (χ4v) is 1.83. The van der Waals surface area contributed by atoms with Crippen molar-refractivity contribution in [2.75, 3.05) is 0 Å². The molecule has 0 heterocycles. The largest absolute Gasteiger partial charge is 0.0679 e. The third kappa shape index (κ3) is 2.90. The van der Waals surface area contributed by atoms with Gasteiger partial charge in [-0.15, -0.1) is 0 Å². The van der Waals surface area contributed by atoms with Gasteiger partial charge in [-0.25, -0.2) is 0 Å². The summed E-state index contributed by atoms with van der Waals surface area (Å²) in [6.45, 7) is 23.4. The quantitative estimate of drug-likeness (QED) is 0.538. The van der Waals surface area contributed by atoms with Crippen molar-refractivity contribution in [3.8, 4) is 0 Å². The van der Waals surface area contributed by atoms with E-state index in [0.29, 0.717) is 22.7 Å². The maximum atomic E-state index is 2.37. The molecule has 0 aromatic rings. The Kier molecular flexibility index (Phi) is 4.86. The lowest BCUT2D eigenvalue weighted by Gasteiger charge is -2.39. The Balaban J connectivity index is 5.43. The molecule has 0 bridgehead atoms. The highest BCUT2D eigenvalue weighted by Crippen LogP contribution is 2.43. The molecule has 0 nitrogen and oxygen atoms in total. The molecule has 0 amide bonds. The molecule has 0 aliphatic heterocycles. The van der Waals surface area contributed by atoms with E-state index in [-0.39, 0.29) is 0 Å². The van der Waals surface area contributed by atoms with Gasteiger partial charge < -0.3 is 0 Å². The van der Waals surface area contributed by atoms with Gasteiger partial charge in [0.25, 0.3) is 0 Å². The monoisotopic (exact) mass is 224 g/mol. The van der Waals surface area contributed by atoms with Crippen molar-refractivity contribution in [1.82, 2.24) is 0 Å². The first kappa shape index (κ1) is 15.7. The van der Waals surface area contributed by atoms with Gasteiger partial charge in [-0.3, -0.25) is 0 Å². The van der Waals surface area contributed by atoms with Crippen LogP contribution in [0.4, 0.5) is 0 Å². The topological polar surface area (TPSA) is 0 Å². The summed E-state index contributed by atoms with van der Waals surface area (Å²) in [5, 5.41) is 0. The van der Waals surface area contributed by atoms with Crippen molar-refractivity contribution in [3.05, 3.63) is 11.1 Å². The molecule has 0 aromatic carbocycles. The van der Waals surface area contributed by atoms with Crippen molar-refractivity contribution in [3.63, 3.8) is 0 Å². The summed E-state index contributed by atoms with van der Waals surface area (Å²) in [5.41, 5.74) is 3.74. The van der Waals surface area contributed by atoms with E-state index in [2.05, 4.69) is 69.2 Å². The van der Waals surface area contributed by atoms with Crippen LogP contribution in [0.1, 0.15) is 69.2 Å². The molecule has 0 saturated carbocycles. The Bertz CT molecular complexity index is 234. The molecule has 0 unspecified atom stereocenters. The molecule has 0 rings (SSSR count). The van der Waals surface area contributed by atoms with Crippen molar-refractivity contribution in [2.45, 2.75) is 69.2 Å². The highest BCUT2D eigenvalue weighted by molar-refractivity contribution is 5.23. The van der Waals surface area contributed by atoms with Crippen LogP contribution in [0.25, 0.3) is 0 Å². The van der Waals surface area contributed by atoms with Crippen LogP contribution < -0.4 is 0 Å². The fraction of sp³-hybridized carbons (Fsp3) is 0.875. The second-order valence-electron chi connectivity index (χ2n) is 7.00. The molecule has 0 aromatic heterocycles. The van der Waals surface area contributed by atoms with Crippen molar-refractivity contribution < 1.29 is 0 Å². The summed E-state index contributed by atoms with van der Waals surface area (Å²) in [4.78, 5) is 0. The SMILES string of the molecule is CC(=C(C)C(C)(C)C(C)C)C(C)(C)C(C)C. The Morgan fingerprint density at radius 1 is 0.625 bits per heavy atom. The summed E-state index contributed by atoms with van der Waals surface area (Å²) < 4.78 is 0. The van der Waals surface area contributed by atoms with E-state index in [0.717, 1.165) is 0 Å². The van der Waals surface area contributed by atoms with Gasteiger partial charge in [0.2, 0.25) is 0 Å². The molecular formula is C16H32. The third-order valence-corrected chi connectivity index (χ3v) is 5.38. The Morgan fingerprint density at radius 3 is 0.938 bits per heavy atom. The van der Waals surface area contributed by atoms with Crippen LogP contribution in [0.3, 0.4) is 0 Å². The lowest BCUT2D eigenvalue weighted by atomic mass is 9.67. The Hall–Kier alpha value is -0.260. The first-order valence-electron chi connectivity index (χ1n) is 6.64. The van der Waals surface area contributed by atoms with E-state index in [1.54, 1.807) is 11.1 Å². The van der Waals surface area contributed by atoms with Crippen LogP contribution in [0.2, 0.25) is 0 Å². The normalized spacial score (nSPS) is 15.8. The average molecular weight is 224 g/mol. The molecule has 0 saturated heterocycles. The minimum Gasteiger partial charge on any atom is -0.0679 e. The van der Waals surface area contributed by atoms with E-state index in [1.807, 2.05) is 0 Å². The summed E-state index contributed by atoms with van der Waals surface area (Å²) in [7, 11) is 0. The maximum absolute atomic E-state index is 2.37. The minimum atomic E-state index is 0.302. The first-order chi connectivity index (χ1) is 6.95. The van der Waals surface area contributed by atoms with Crippen LogP contribution in [0.5, 0.6) is 0 Å². The van der Waals surface area contributed by atoms with Gasteiger partial charge in [0.15, 0.2) is 0 Å². The van der Waals surface area contributed by atoms with E-state index in [4.69, 9.17) is 0 Å². The van der Waals surface area contributed by atoms with Gasteiger partial charge in [0, 0.05) is 0 Å². The van der Waals surface area contributed by atoms with Gasteiger partial charge in [0.1, 0.15) is 0 Å². The zero-order chi connectivity index (χ0) is 13.3. The predicted octanol–water partition coefficient (Wildman–Crippen LogP) is 5.69. The van der Waals surface area contributed by atoms with Crippen molar-refractivity contribution >= 4 is 0 Å². The molecule has 16 heavy (non-hydrogen) atoms. The maximum Gasteiger partial charge on any atom is -0.0122 e. The number of hydrogen-bond donors (Lipinski definition) is 0. The molecule has 0 aliphatic rings. The molecule has 96 valence electrons. The van der Waals surface area contributed by atoms with Gasteiger partial charge in [-0.1, -0.05) is 66.5 Å². The van der Waals surface area contributed by atoms with Crippen LogP contribution in [0.15, 0.2) is 11.1 Å². The van der Waals surface area contributed by atoms with Crippen molar-refractivity contribution in [2.24, 2.45) is 22.7 Å². The van der Waals surface area contributed by atoms with E-state index in [9.17, 15) is 0 Å². The molecule has 0 fully saturated rings. The Labute approximate surface area is 104 Å². The van der Waals surface area contributed by atoms with E-state index >= 15 is 0 Å². The summed E-state index contributed by atoms with van der Waals surface area (Å²) in [6.07, 6.45) is 0. The van der Waals surface area contributed by atoms with Crippen LogP contribution in [-0.2, 0) is 0 Å². The number of allylic oxidation sites excluding steroid dienone is 2. The van der Waals surface area contributed by atoms with Crippen LogP contribution in [-0.4, -0.2) is 0 Å². The van der Waals surface area contributed by atoms with Gasteiger partial charge in [-0.2, -0.15) is 0 Å². The first-order valence-corrected chi connectivity index (χ1v) is 6.64. The van der Waals surface area contributed by atoms with Gasteiger partial charge >= 0.3 is 0 Å². The number of hydrogen-bond acceptors (Lipinski definition) is 0. The average Bonchev–Trinajstić information content (AvgIpc) is 2.14. The van der Waals surface area contributed by atoms with Gasteiger partial charge in [-0.05, 0) is 36.5 Å². The minimum absolute atomic E-state index is 0.302. The molecule has 0 atom stereocenters. The lowest BCUT2D eigenvalue weighted by Crippen LogP contribution is -2.28. The predicted molar refractivity (Wildman–Crippen MR) is 75.6 cm³/mol. The molecule has 0 radical (unpaired) electrons. The highest BCUT2D eigenvalue weighted by atomic mass is 14.4. The molecular weight excluding hydrogens is 192 g/mol. The summed E-state index contributed by atoms with van der Waals surface area (Å²) in [6, 6.07) is 0. The van der Waals surface area contributed by atoms with Crippen LogP contribution in [0, 0.1) is 22.7 Å². The molecule has 0 N–H and O–H groups in total. The van der Waals surface area contributed by atoms with Crippen LogP contribution >= 0.6 is 0 Å². The molecule has 0 heteroatoms. The second-order valence-corrected chi connectivity index (χ2v) is 7.00. The highest BCUT2D eigenvalue weighted by Gasteiger charge is 2.32. The Morgan fingerprint density at radius 2 is 0.812 bits per heavy atom. The molecule has 0 spiro atoms. The zero-order valence-corrected chi connectivity index (χ0v) is 13.2. The van der Waals surface area contributed by atoms with Gasteiger partial charge in [0.05, 0.1) is 0 Å². The number of rotatable bonds is 4.